The second-order valence-corrected chi connectivity index (χ2v) is 7.35. The number of para-hydroxylation sites is 2. The van der Waals surface area contributed by atoms with E-state index in [-0.39, 0.29) is 5.91 Å². The zero-order chi connectivity index (χ0) is 20.9. The summed E-state index contributed by atoms with van der Waals surface area (Å²) in [6, 6.07) is 21.6. The molecule has 0 unspecified atom stereocenters. The van der Waals surface area contributed by atoms with Gasteiger partial charge in [0.15, 0.2) is 5.58 Å². The molecule has 30 heavy (non-hydrogen) atoms. The van der Waals surface area contributed by atoms with Crippen molar-refractivity contribution in [2.75, 3.05) is 12.4 Å². The fourth-order valence-corrected chi connectivity index (χ4v) is 3.80. The third-order valence-electron chi connectivity index (χ3n) is 4.43. The first-order valence-electron chi connectivity index (χ1n) is 9.20. The molecule has 0 saturated carbocycles. The molecule has 0 saturated heterocycles. The van der Waals surface area contributed by atoms with Crippen LogP contribution in [0.5, 0.6) is 0 Å². The molecule has 150 valence electrons. The van der Waals surface area contributed by atoms with Gasteiger partial charge in [-0.3, -0.25) is 4.79 Å². The van der Waals surface area contributed by atoms with Crippen molar-refractivity contribution in [2.45, 2.75) is 11.0 Å². The minimum Gasteiger partial charge on any atom is -0.465 e. The Hall–Kier alpha value is -3.58. The maximum Gasteiger partial charge on any atom is 0.337 e. The fourth-order valence-electron chi connectivity index (χ4n) is 2.96. The Morgan fingerprint density at radius 3 is 2.67 bits per heavy atom. The molecule has 0 bridgehead atoms. The van der Waals surface area contributed by atoms with Gasteiger partial charge in [-0.25, -0.2) is 9.78 Å². The Balaban J connectivity index is 1.49. The molecule has 4 rings (SSSR count). The van der Waals surface area contributed by atoms with Gasteiger partial charge in [0.2, 0.25) is 0 Å². The Labute approximate surface area is 177 Å². The van der Waals surface area contributed by atoms with Crippen LogP contribution in [-0.4, -0.2) is 24.0 Å². The van der Waals surface area contributed by atoms with Crippen LogP contribution in [0.1, 0.15) is 26.3 Å². The highest BCUT2D eigenvalue weighted by atomic mass is 32.2. The number of carbonyl (C=O) groups is 2. The standard InChI is InChI=1S/C23H18N2O4S/c1-28-22(27)15-8-6-9-17(13-15)24-21(26)18-10-3-2-7-16(18)14-30-23-25-19-11-4-5-12-20(19)29-23/h2-13H,14H2,1H3,(H,24,26). The first kappa shape index (κ1) is 19.7. The van der Waals surface area contributed by atoms with Crippen LogP contribution in [0, 0.1) is 0 Å². The van der Waals surface area contributed by atoms with Crippen molar-refractivity contribution in [3.8, 4) is 0 Å². The molecular weight excluding hydrogens is 400 g/mol. The van der Waals surface area contributed by atoms with Crippen LogP contribution >= 0.6 is 11.8 Å². The van der Waals surface area contributed by atoms with Crippen LogP contribution in [0.25, 0.3) is 11.1 Å². The van der Waals surface area contributed by atoms with E-state index in [0.717, 1.165) is 16.7 Å². The fraction of sp³-hybridized carbons (Fsp3) is 0.0870. The largest absolute Gasteiger partial charge is 0.465 e. The number of rotatable bonds is 6. The van der Waals surface area contributed by atoms with E-state index < -0.39 is 5.97 Å². The first-order chi connectivity index (χ1) is 14.6. The summed E-state index contributed by atoms with van der Waals surface area (Å²) in [6.45, 7) is 0. The molecule has 1 aromatic heterocycles. The van der Waals surface area contributed by atoms with Gasteiger partial charge in [0, 0.05) is 17.0 Å². The molecule has 7 heteroatoms. The molecule has 4 aromatic rings. The van der Waals surface area contributed by atoms with Crippen molar-refractivity contribution in [2.24, 2.45) is 0 Å². The van der Waals surface area contributed by atoms with E-state index in [2.05, 4.69) is 10.3 Å². The number of anilines is 1. The zero-order valence-electron chi connectivity index (χ0n) is 16.1. The van der Waals surface area contributed by atoms with Crippen LogP contribution in [-0.2, 0) is 10.5 Å². The summed E-state index contributed by atoms with van der Waals surface area (Å²) in [5.41, 5.74) is 3.82. The van der Waals surface area contributed by atoms with Crippen LogP contribution < -0.4 is 5.32 Å². The van der Waals surface area contributed by atoms with E-state index in [1.54, 1.807) is 30.3 Å². The summed E-state index contributed by atoms with van der Waals surface area (Å²) in [6.07, 6.45) is 0. The van der Waals surface area contributed by atoms with Gasteiger partial charge < -0.3 is 14.5 Å². The lowest BCUT2D eigenvalue weighted by Gasteiger charge is -2.10. The maximum atomic E-state index is 12.9. The van der Waals surface area contributed by atoms with Crippen molar-refractivity contribution in [1.29, 1.82) is 0 Å². The third-order valence-corrected chi connectivity index (χ3v) is 5.31. The van der Waals surface area contributed by atoms with Crippen LogP contribution in [0.4, 0.5) is 5.69 Å². The third kappa shape index (κ3) is 4.36. The minimum absolute atomic E-state index is 0.259. The zero-order valence-corrected chi connectivity index (χ0v) is 16.9. The molecule has 3 aromatic carbocycles. The highest BCUT2D eigenvalue weighted by molar-refractivity contribution is 7.98. The molecular formula is C23H18N2O4S. The second kappa shape index (κ2) is 8.84. The molecule has 1 heterocycles. The molecule has 0 aliphatic heterocycles. The van der Waals surface area contributed by atoms with E-state index in [1.165, 1.54) is 18.9 Å². The summed E-state index contributed by atoms with van der Waals surface area (Å²) >= 11 is 1.43. The first-order valence-corrected chi connectivity index (χ1v) is 10.2. The van der Waals surface area contributed by atoms with Crippen molar-refractivity contribution >= 4 is 40.4 Å². The summed E-state index contributed by atoms with van der Waals surface area (Å²) in [5, 5.41) is 3.40. The number of nitrogens with zero attached hydrogens (tertiary/aromatic N) is 1. The topological polar surface area (TPSA) is 81.4 Å². The van der Waals surface area contributed by atoms with E-state index in [4.69, 9.17) is 9.15 Å². The van der Waals surface area contributed by atoms with Crippen molar-refractivity contribution < 1.29 is 18.7 Å². The van der Waals surface area contributed by atoms with E-state index in [1.807, 2.05) is 42.5 Å². The molecule has 0 aliphatic rings. The lowest BCUT2D eigenvalue weighted by molar-refractivity contribution is 0.0600. The van der Waals surface area contributed by atoms with Crippen LogP contribution in [0.3, 0.4) is 0 Å². The number of aromatic nitrogens is 1. The van der Waals surface area contributed by atoms with Crippen molar-refractivity contribution in [3.63, 3.8) is 0 Å². The molecule has 0 atom stereocenters. The van der Waals surface area contributed by atoms with Crippen LogP contribution in [0.2, 0.25) is 0 Å². The number of thioether (sulfide) groups is 1. The number of hydrogen-bond acceptors (Lipinski definition) is 6. The monoisotopic (exact) mass is 418 g/mol. The van der Waals surface area contributed by atoms with Gasteiger partial charge in [-0.15, -0.1) is 0 Å². The van der Waals surface area contributed by atoms with Gasteiger partial charge in [0.05, 0.1) is 12.7 Å². The smallest absolute Gasteiger partial charge is 0.337 e. The van der Waals surface area contributed by atoms with Gasteiger partial charge in [-0.1, -0.05) is 48.2 Å². The maximum absolute atomic E-state index is 12.9. The van der Waals surface area contributed by atoms with Crippen molar-refractivity contribution in [1.82, 2.24) is 4.98 Å². The normalized spacial score (nSPS) is 10.7. The molecule has 6 nitrogen and oxygen atoms in total. The molecule has 0 spiro atoms. The molecule has 1 N–H and O–H groups in total. The Bertz CT molecular complexity index is 1190. The molecule has 0 radical (unpaired) electrons. The number of amides is 1. The number of oxazole rings is 1. The quantitative estimate of drug-likeness (QED) is 0.344. The van der Waals surface area contributed by atoms with Gasteiger partial charge in [-0.05, 0) is 42.0 Å². The minimum atomic E-state index is -0.457. The predicted molar refractivity (Wildman–Crippen MR) is 116 cm³/mol. The van der Waals surface area contributed by atoms with Gasteiger partial charge >= 0.3 is 5.97 Å². The number of ether oxygens (including phenoxy) is 1. The molecule has 0 aliphatic carbocycles. The summed E-state index contributed by atoms with van der Waals surface area (Å²) in [7, 11) is 1.32. The van der Waals surface area contributed by atoms with Gasteiger partial charge in [0.1, 0.15) is 5.52 Å². The Kier molecular flexibility index (Phi) is 5.81. The lowest BCUT2D eigenvalue weighted by Crippen LogP contribution is -2.14. The Morgan fingerprint density at radius 2 is 1.83 bits per heavy atom. The van der Waals surface area contributed by atoms with Crippen LogP contribution in [0.15, 0.2) is 82.4 Å². The van der Waals surface area contributed by atoms with Gasteiger partial charge in [-0.2, -0.15) is 0 Å². The van der Waals surface area contributed by atoms with E-state index >= 15 is 0 Å². The number of methoxy groups -OCH3 is 1. The van der Waals surface area contributed by atoms with Crippen molar-refractivity contribution in [3.05, 3.63) is 89.5 Å². The van der Waals surface area contributed by atoms with Gasteiger partial charge in [0.25, 0.3) is 11.1 Å². The summed E-state index contributed by atoms with van der Waals surface area (Å²) in [4.78, 5) is 29.0. The lowest BCUT2D eigenvalue weighted by atomic mass is 10.1. The highest BCUT2D eigenvalue weighted by Gasteiger charge is 2.14. The van der Waals surface area contributed by atoms with E-state index in [9.17, 15) is 9.59 Å². The molecule has 0 fully saturated rings. The van der Waals surface area contributed by atoms with E-state index in [0.29, 0.717) is 27.8 Å². The molecule has 1 amide bonds. The number of nitrogens with one attached hydrogen (secondary N) is 1. The number of hydrogen-bond donors (Lipinski definition) is 1. The average Bonchev–Trinajstić information content (AvgIpc) is 3.20. The number of benzene rings is 3. The number of carbonyl (C=O) groups excluding carboxylic acids is 2. The summed E-state index contributed by atoms with van der Waals surface area (Å²) in [5.74, 6) is -0.189. The average molecular weight is 418 g/mol. The predicted octanol–water partition coefficient (Wildman–Crippen LogP) is 5.16. The second-order valence-electron chi connectivity index (χ2n) is 6.42. The SMILES string of the molecule is COC(=O)c1cccc(NC(=O)c2ccccc2CSc2nc3ccccc3o2)c1. The highest BCUT2D eigenvalue weighted by Crippen LogP contribution is 2.27. The Morgan fingerprint density at radius 1 is 1.03 bits per heavy atom. The summed E-state index contributed by atoms with van der Waals surface area (Å²) < 4.78 is 10.5. The number of esters is 1. The number of fused-ring (bicyclic) bond motifs is 1.